The number of amides is 1. The first-order valence-electron chi connectivity index (χ1n) is 10.2. The predicted octanol–water partition coefficient (Wildman–Crippen LogP) is 2.23. The van der Waals surface area contributed by atoms with Gasteiger partial charge in [0, 0.05) is 17.0 Å². The van der Waals surface area contributed by atoms with Crippen molar-refractivity contribution < 1.29 is 9.18 Å². The lowest BCUT2D eigenvalue weighted by Gasteiger charge is -2.29. The van der Waals surface area contributed by atoms with Crippen LogP contribution in [0.2, 0.25) is 0 Å². The van der Waals surface area contributed by atoms with Gasteiger partial charge in [0.25, 0.3) is 11.5 Å². The lowest BCUT2D eigenvalue weighted by atomic mass is 10.0. The van der Waals surface area contributed by atoms with Crippen LogP contribution in [0.5, 0.6) is 0 Å². The van der Waals surface area contributed by atoms with Gasteiger partial charge in [-0.3, -0.25) is 14.7 Å². The third-order valence-electron chi connectivity index (χ3n) is 5.81. The van der Waals surface area contributed by atoms with E-state index in [1.807, 2.05) is 0 Å². The lowest BCUT2D eigenvalue weighted by molar-refractivity contribution is 0.0917. The van der Waals surface area contributed by atoms with E-state index in [1.54, 1.807) is 36.4 Å². The molecule has 2 N–H and O–H groups in total. The smallest absolute Gasteiger partial charge is 0.299 e. The van der Waals surface area contributed by atoms with Gasteiger partial charge >= 0.3 is 0 Å². The van der Waals surface area contributed by atoms with Gasteiger partial charge in [-0.25, -0.2) is 9.07 Å². The van der Waals surface area contributed by atoms with Crippen LogP contribution in [0.25, 0.3) is 27.6 Å². The molecule has 1 fully saturated rings. The summed E-state index contributed by atoms with van der Waals surface area (Å²) in [5.74, 6) is -0.627. The van der Waals surface area contributed by atoms with E-state index in [9.17, 15) is 14.0 Å². The molecule has 2 aromatic heterocycles. The molecule has 2 aromatic carbocycles. The standard InChI is InChI=1S/C22H21FN6O2/c1-28-11-9-14(10-12-28)24-21(30)13-5-7-15(8-6-13)29-22(31)20-19(27-29)16-3-2-4-17(23)18(16)25-26-20/h2-8,14,27H,9-12H2,1H3,(H,24,30)/i1-1. The number of carbonyl (C=O) groups is 1. The zero-order chi connectivity index (χ0) is 21.5. The summed E-state index contributed by atoms with van der Waals surface area (Å²) in [6, 6.07) is 11.5. The highest BCUT2D eigenvalue weighted by atomic mass is 19.1. The van der Waals surface area contributed by atoms with Crippen LogP contribution in [0.4, 0.5) is 4.39 Å². The maximum atomic E-state index is 14.0. The fraction of sp³-hybridized carbons (Fsp3) is 0.273. The molecule has 1 amide bonds. The SMILES string of the molecule is [11CH3]N1CCC(NC(=O)c2ccc(-n3[nH]c4c(nnc5c(F)cccc54)c3=O)cc2)CC1. The van der Waals surface area contributed by atoms with Crippen molar-refractivity contribution >= 4 is 27.8 Å². The van der Waals surface area contributed by atoms with Gasteiger partial charge in [-0.05, 0) is 63.3 Å². The van der Waals surface area contributed by atoms with E-state index in [-0.39, 0.29) is 23.0 Å². The number of carbonyl (C=O) groups excluding carboxylic acids is 1. The Hall–Kier alpha value is -3.59. The highest BCUT2D eigenvalue weighted by Crippen LogP contribution is 2.21. The largest absolute Gasteiger partial charge is 0.349 e. The van der Waals surface area contributed by atoms with E-state index in [4.69, 9.17) is 0 Å². The number of aromatic amines is 1. The maximum absolute atomic E-state index is 14.0. The van der Waals surface area contributed by atoms with Gasteiger partial charge < -0.3 is 10.2 Å². The van der Waals surface area contributed by atoms with Crippen molar-refractivity contribution in [2.24, 2.45) is 0 Å². The number of piperidine rings is 1. The van der Waals surface area contributed by atoms with Crippen LogP contribution in [-0.2, 0) is 0 Å². The topological polar surface area (TPSA) is 95.9 Å². The average molecular weight is 419 g/mol. The molecule has 0 atom stereocenters. The zero-order valence-corrected chi connectivity index (χ0v) is 16.9. The number of fused-ring (bicyclic) bond motifs is 3. The van der Waals surface area contributed by atoms with Gasteiger partial charge in [-0.1, -0.05) is 12.1 Å². The second-order valence-electron chi connectivity index (χ2n) is 7.91. The number of nitrogens with one attached hydrogen (secondary N) is 2. The number of rotatable bonds is 3. The monoisotopic (exact) mass is 419 g/mol. The Morgan fingerprint density at radius 1 is 1.10 bits per heavy atom. The molecule has 0 unspecified atom stereocenters. The molecular formula is C22H21FN6O2. The third kappa shape index (κ3) is 3.46. The van der Waals surface area contributed by atoms with Crippen LogP contribution in [0.15, 0.2) is 47.3 Å². The lowest BCUT2D eigenvalue weighted by Crippen LogP contribution is -2.43. The van der Waals surface area contributed by atoms with E-state index < -0.39 is 11.4 Å². The molecule has 0 radical (unpaired) electrons. The first-order chi connectivity index (χ1) is 15.0. The highest BCUT2D eigenvalue weighted by molar-refractivity contribution is 6.01. The van der Waals surface area contributed by atoms with E-state index in [2.05, 4.69) is 32.6 Å². The Labute approximate surface area is 176 Å². The van der Waals surface area contributed by atoms with Crippen molar-refractivity contribution in [2.75, 3.05) is 20.1 Å². The minimum atomic E-state index is -0.500. The number of nitrogens with zero attached hydrogens (tertiary/aromatic N) is 4. The van der Waals surface area contributed by atoms with Crippen molar-refractivity contribution in [1.82, 2.24) is 30.2 Å². The fourth-order valence-electron chi connectivity index (χ4n) is 3.99. The molecule has 1 aliphatic rings. The Bertz CT molecular complexity index is 1340. The van der Waals surface area contributed by atoms with Gasteiger partial charge in [-0.15, -0.1) is 10.2 Å². The maximum Gasteiger partial charge on any atom is 0.299 e. The summed E-state index contributed by atoms with van der Waals surface area (Å²) in [5, 5.41) is 14.3. The number of likely N-dealkylation sites (tertiary alicyclic amines) is 1. The van der Waals surface area contributed by atoms with Crippen molar-refractivity contribution in [1.29, 1.82) is 0 Å². The van der Waals surface area contributed by atoms with Gasteiger partial charge in [0.2, 0.25) is 0 Å². The Balaban J connectivity index is 1.44. The molecule has 0 bridgehead atoms. The van der Waals surface area contributed by atoms with E-state index in [0.29, 0.717) is 22.2 Å². The Morgan fingerprint density at radius 2 is 1.81 bits per heavy atom. The molecule has 1 saturated heterocycles. The zero-order valence-electron chi connectivity index (χ0n) is 16.9. The molecule has 0 saturated carbocycles. The number of benzene rings is 2. The Morgan fingerprint density at radius 3 is 2.55 bits per heavy atom. The van der Waals surface area contributed by atoms with Crippen molar-refractivity contribution in [2.45, 2.75) is 18.9 Å². The van der Waals surface area contributed by atoms with Crippen LogP contribution in [0, 0.1) is 5.82 Å². The minimum Gasteiger partial charge on any atom is -0.349 e. The summed E-state index contributed by atoms with van der Waals surface area (Å²) in [5.41, 5.74) is 1.32. The van der Waals surface area contributed by atoms with Crippen LogP contribution in [0.1, 0.15) is 23.2 Å². The van der Waals surface area contributed by atoms with E-state index >= 15 is 0 Å². The molecule has 158 valence electrons. The molecule has 31 heavy (non-hydrogen) atoms. The van der Waals surface area contributed by atoms with Crippen LogP contribution >= 0.6 is 0 Å². The first kappa shape index (κ1) is 19.4. The summed E-state index contributed by atoms with van der Waals surface area (Å²) >= 11 is 0. The molecule has 0 spiro atoms. The normalized spacial score (nSPS) is 15.5. The molecule has 5 rings (SSSR count). The molecule has 8 nitrogen and oxygen atoms in total. The third-order valence-corrected chi connectivity index (χ3v) is 5.81. The van der Waals surface area contributed by atoms with Gasteiger partial charge in [-0.2, -0.15) is 0 Å². The first-order valence-corrected chi connectivity index (χ1v) is 10.2. The van der Waals surface area contributed by atoms with Crippen molar-refractivity contribution in [3.63, 3.8) is 0 Å². The molecular weight excluding hydrogens is 398 g/mol. The van der Waals surface area contributed by atoms with Gasteiger partial charge in [0.1, 0.15) is 5.52 Å². The van der Waals surface area contributed by atoms with Crippen LogP contribution in [0.3, 0.4) is 0 Å². The fourth-order valence-corrected chi connectivity index (χ4v) is 3.99. The van der Waals surface area contributed by atoms with Crippen LogP contribution < -0.4 is 10.9 Å². The van der Waals surface area contributed by atoms with Crippen molar-refractivity contribution in [3.05, 3.63) is 64.2 Å². The number of halogens is 1. The Kier molecular flexibility index (Phi) is 4.74. The van der Waals surface area contributed by atoms with E-state index in [0.717, 1.165) is 25.9 Å². The summed E-state index contributed by atoms with van der Waals surface area (Å²) in [7, 11) is 2.08. The molecule has 0 aliphatic carbocycles. The average Bonchev–Trinajstić information content (AvgIpc) is 3.13. The van der Waals surface area contributed by atoms with Crippen LogP contribution in [-0.4, -0.2) is 57.0 Å². The number of hydrogen-bond acceptors (Lipinski definition) is 5. The van der Waals surface area contributed by atoms with Crippen molar-refractivity contribution in [3.8, 4) is 5.69 Å². The second-order valence-corrected chi connectivity index (χ2v) is 7.91. The molecule has 4 aromatic rings. The summed E-state index contributed by atoms with van der Waals surface area (Å²) in [4.78, 5) is 27.6. The van der Waals surface area contributed by atoms with Gasteiger partial charge in [0.15, 0.2) is 11.3 Å². The molecule has 3 heterocycles. The number of H-pyrrole nitrogens is 1. The summed E-state index contributed by atoms with van der Waals surface area (Å²) in [6.07, 6.45) is 1.86. The minimum absolute atomic E-state index is 0.101. The quantitative estimate of drug-likeness (QED) is 0.531. The highest BCUT2D eigenvalue weighted by Gasteiger charge is 2.19. The molecule has 1 aliphatic heterocycles. The molecule has 9 heteroatoms. The summed E-state index contributed by atoms with van der Waals surface area (Å²) in [6.45, 7) is 1.93. The number of aromatic nitrogens is 4. The predicted molar refractivity (Wildman–Crippen MR) is 115 cm³/mol. The second kappa shape index (κ2) is 7.59. The summed E-state index contributed by atoms with van der Waals surface area (Å²) < 4.78 is 15.3. The van der Waals surface area contributed by atoms with E-state index in [1.165, 1.54) is 10.7 Å². The number of hydrogen-bond donors (Lipinski definition) is 2. The van der Waals surface area contributed by atoms with Gasteiger partial charge in [0.05, 0.1) is 11.2 Å².